The summed E-state index contributed by atoms with van der Waals surface area (Å²) >= 11 is 0. The standard InChI is InChI=1S/C47H46N6O8S/c1-5-30-9-6-7-10-33(30)27-52-20-18-49-40-24-44(42(58-3)22-38(40)46(52)54)60-28-34-11-8-12-35(51-34)29-61-45-25-41-39(23-43(45)59-4)47(55)53-19-17-32(21-36(53)26-50-41)31-13-15-37(16-14-31)62(56,57)48-2/h6-18,22-26,36,48H,5,19-21,27-29H2,1-4H3. The van der Waals surface area contributed by atoms with Gasteiger partial charge in [-0.15, -0.1) is 0 Å². The van der Waals surface area contributed by atoms with Gasteiger partial charge in [-0.05, 0) is 78.6 Å². The normalized spacial score (nSPS) is 15.8. The van der Waals surface area contributed by atoms with Gasteiger partial charge >= 0.3 is 0 Å². The van der Waals surface area contributed by atoms with Crippen molar-refractivity contribution in [2.75, 3.05) is 34.4 Å². The zero-order valence-corrected chi connectivity index (χ0v) is 35.6. The molecule has 1 aromatic heterocycles. The van der Waals surface area contributed by atoms with Gasteiger partial charge in [0.2, 0.25) is 10.0 Å². The summed E-state index contributed by atoms with van der Waals surface area (Å²) in [6.07, 6.45) is 6.88. The third-order valence-electron chi connectivity index (χ3n) is 11.1. The summed E-state index contributed by atoms with van der Waals surface area (Å²) in [6.45, 7) is 3.51. The van der Waals surface area contributed by atoms with Crippen molar-refractivity contribution >= 4 is 51.2 Å². The molecule has 0 saturated heterocycles. The number of aromatic nitrogens is 1. The number of carbonyl (C=O) groups is 2. The Hall–Kier alpha value is -6.84. The zero-order valence-electron chi connectivity index (χ0n) is 34.8. The van der Waals surface area contributed by atoms with Gasteiger partial charge in [0.1, 0.15) is 13.2 Å². The van der Waals surface area contributed by atoms with E-state index in [9.17, 15) is 18.0 Å². The Morgan fingerprint density at radius 3 is 2.00 bits per heavy atom. The number of methoxy groups -OCH3 is 2. The molecule has 0 bridgehead atoms. The molecule has 0 radical (unpaired) electrons. The lowest BCUT2D eigenvalue weighted by Crippen LogP contribution is -2.43. The van der Waals surface area contributed by atoms with Crippen molar-refractivity contribution < 1.29 is 37.0 Å². The number of aryl methyl sites for hydroxylation is 1. The van der Waals surface area contributed by atoms with E-state index in [1.54, 1.807) is 70.8 Å². The number of rotatable bonds is 14. The molecule has 2 amide bonds. The molecular formula is C47H46N6O8S. The average molecular weight is 855 g/mol. The van der Waals surface area contributed by atoms with Crippen molar-refractivity contribution in [2.24, 2.45) is 9.98 Å². The average Bonchev–Trinajstić information content (AvgIpc) is 3.54. The summed E-state index contributed by atoms with van der Waals surface area (Å²) in [5, 5.41) is 0. The smallest absolute Gasteiger partial charge is 0.257 e. The second-order valence-corrected chi connectivity index (χ2v) is 16.7. The maximum Gasteiger partial charge on any atom is 0.257 e. The molecule has 8 rings (SSSR count). The number of fused-ring (bicyclic) bond motifs is 3. The Morgan fingerprint density at radius 2 is 1.37 bits per heavy atom. The van der Waals surface area contributed by atoms with Crippen LogP contribution in [0.5, 0.6) is 23.0 Å². The van der Waals surface area contributed by atoms with E-state index >= 15 is 0 Å². The summed E-state index contributed by atoms with van der Waals surface area (Å²) in [4.78, 5) is 45.5. The number of ether oxygens (including phenoxy) is 4. The minimum atomic E-state index is -3.56. The van der Waals surface area contributed by atoms with Crippen LogP contribution in [0.2, 0.25) is 0 Å². The first-order valence-corrected chi connectivity index (χ1v) is 21.7. The van der Waals surface area contributed by atoms with E-state index in [4.69, 9.17) is 28.9 Å². The molecule has 62 heavy (non-hydrogen) atoms. The van der Waals surface area contributed by atoms with Gasteiger partial charge in [-0.3, -0.25) is 24.6 Å². The number of sulfonamides is 1. The van der Waals surface area contributed by atoms with Crippen LogP contribution in [0, 0.1) is 0 Å². The van der Waals surface area contributed by atoms with Crippen LogP contribution in [-0.2, 0) is 36.2 Å². The van der Waals surface area contributed by atoms with Gasteiger partial charge in [0.15, 0.2) is 23.0 Å². The van der Waals surface area contributed by atoms with Gasteiger partial charge in [-0.1, -0.05) is 55.5 Å². The van der Waals surface area contributed by atoms with E-state index in [0.717, 1.165) is 23.1 Å². The lowest BCUT2D eigenvalue weighted by molar-refractivity contribution is 0.0745. The van der Waals surface area contributed by atoms with Crippen LogP contribution in [0.4, 0.5) is 11.4 Å². The molecular weight excluding hydrogens is 809 g/mol. The summed E-state index contributed by atoms with van der Waals surface area (Å²) < 4.78 is 50.6. The molecule has 1 N–H and O–H groups in total. The first-order chi connectivity index (χ1) is 30.1. The number of aliphatic imine (C=N–C) groups is 2. The van der Waals surface area contributed by atoms with E-state index in [-0.39, 0.29) is 36.0 Å². The van der Waals surface area contributed by atoms with Crippen molar-refractivity contribution in [1.82, 2.24) is 19.5 Å². The van der Waals surface area contributed by atoms with E-state index in [2.05, 4.69) is 28.8 Å². The van der Waals surface area contributed by atoms with E-state index in [1.807, 2.05) is 36.4 Å². The molecule has 0 aliphatic carbocycles. The highest BCUT2D eigenvalue weighted by Gasteiger charge is 2.32. The molecule has 3 aliphatic heterocycles. The van der Waals surface area contributed by atoms with E-state index < -0.39 is 10.0 Å². The Labute approximate surface area is 360 Å². The van der Waals surface area contributed by atoms with Gasteiger partial charge in [0.25, 0.3) is 11.8 Å². The molecule has 4 heterocycles. The molecule has 318 valence electrons. The summed E-state index contributed by atoms with van der Waals surface area (Å²) in [7, 11) is 0.869. The predicted octanol–water partition coefficient (Wildman–Crippen LogP) is 7.10. The Bertz CT molecular complexity index is 2730. The second kappa shape index (κ2) is 18.0. The van der Waals surface area contributed by atoms with Gasteiger partial charge in [-0.25, -0.2) is 13.1 Å². The number of amides is 2. The van der Waals surface area contributed by atoms with Crippen molar-refractivity contribution in [3.63, 3.8) is 0 Å². The number of hydrogen-bond donors (Lipinski definition) is 1. The van der Waals surface area contributed by atoms with Crippen LogP contribution >= 0.6 is 0 Å². The molecule has 1 atom stereocenters. The molecule has 0 spiro atoms. The number of pyridine rings is 1. The largest absolute Gasteiger partial charge is 0.493 e. The Balaban J connectivity index is 0.932. The first kappa shape index (κ1) is 41.9. The van der Waals surface area contributed by atoms with Crippen molar-refractivity contribution in [3.8, 4) is 23.0 Å². The lowest BCUT2D eigenvalue weighted by atomic mass is 9.94. The fourth-order valence-electron chi connectivity index (χ4n) is 7.73. The Kier molecular flexibility index (Phi) is 12.2. The number of nitrogens with one attached hydrogen (secondary N) is 1. The van der Waals surface area contributed by atoms with Crippen LogP contribution in [0.1, 0.15) is 62.1 Å². The van der Waals surface area contributed by atoms with Crippen molar-refractivity contribution in [1.29, 1.82) is 0 Å². The molecule has 1 unspecified atom stereocenters. The quantitative estimate of drug-likeness (QED) is 0.123. The summed E-state index contributed by atoms with van der Waals surface area (Å²) in [5.41, 5.74) is 7.21. The van der Waals surface area contributed by atoms with Gasteiger partial charge in [0, 0.05) is 37.7 Å². The van der Waals surface area contributed by atoms with Crippen molar-refractivity contribution in [2.45, 2.75) is 50.5 Å². The molecule has 14 nitrogen and oxygen atoms in total. The molecule has 0 saturated carbocycles. The Morgan fingerprint density at radius 1 is 0.742 bits per heavy atom. The van der Waals surface area contributed by atoms with Gasteiger partial charge in [-0.2, -0.15) is 0 Å². The topological polar surface area (TPSA) is 161 Å². The molecule has 4 aromatic carbocycles. The highest BCUT2D eigenvalue weighted by molar-refractivity contribution is 7.89. The fraction of sp³-hybridized carbons (Fsp3) is 0.255. The summed E-state index contributed by atoms with van der Waals surface area (Å²) in [5.74, 6) is 1.27. The lowest BCUT2D eigenvalue weighted by Gasteiger charge is -2.32. The number of hydrogen-bond acceptors (Lipinski definition) is 11. The minimum absolute atomic E-state index is 0.0926. The summed E-state index contributed by atoms with van der Waals surface area (Å²) in [6, 6.07) is 26.8. The molecule has 3 aliphatic rings. The molecule has 5 aromatic rings. The predicted molar refractivity (Wildman–Crippen MR) is 236 cm³/mol. The number of benzene rings is 4. The van der Waals surface area contributed by atoms with Gasteiger partial charge < -0.3 is 28.7 Å². The van der Waals surface area contributed by atoms with Gasteiger partial charge in [0.05, 0.1) is 65.6 Å². The van der Waals surface area contributed by atoms with Crippen LogP contribution in [0.3, 0.4) is 0 Å². The maximum absolute atomic E-state index is 13.9. The first-order valence-electron chi connectivity index (χ1n) is 20.2. The van der Waals surface area contributed by atoms with Crippen LogP contribution in [-0.4, -0.2) is 87.8 Å². The van der Waals surface area contributed by atoms with Crippen LogP contribution < -0.4 is 23.7 Å². The fourth-order valence-corrected chi connectivity index (χ4v) is 8.46. The third kappa shape index (κ3) is 8.67. The number of carbonyl (C=O) groups excluding carboxylic acids is 2. The number of nitrogens with zero attached hydrogens (tertiary/aromatic N) is 5. The van der Waals surface area contributed by atoms with Crippen molar-refractivity contribution in [3.05, 3.63) is 136 Å². The maximum atomic E-state index is 13.9. The molecule has 0 fully saturated rings. The highest BCUT2D eigenvalue weighted by atomic mass is 32.2. The van der Waals surface area contributed by atoms with E-state index in [1.165, 1.54) is 26.8 Å². The molecule has 15 heteroatoms. The second-order valence-electron chi connectivity index (χ2n) is 14.8. The van der Waals surface area contributed by atoms with Crippen LogP contribution in [0.25, 0.3) is 5.57 Å². The minimum Gasteiger partial charge on any atom is -0.493 e. The van der Waals surface area contributed by atoms with E-state index in [0.29, 0.717) is 82.9 Å². The SMILES string of the molecule is CCc1ccccc1CN1CC=Nc2cc(OCc3cccc(COc4cc5c(cc4OC)C(=O)N4CC=C(c6ccc(S(=O)(=O)NC)cc6)CC4C=N5)n3)c(OC)cc2C1=O. The third-order valence-corrected chi connectivity index (χ3v) is 12.6. The zero-order chi connectivity index (χ0) is 43.4. The monoisotopic (exact) mass is 854 g/mol. The highest BCUT2D eigenvalue weighted by Crippen LogP contribution is 2.40. The van der Waals surface area contributed by atoms with Crippen LogP contribution in [0.15, 0.2) is 112 Å².